The Balaban J connectivity index is 1.55. The number of hydrogen-bond donors (Lipinski definition) is 5. The summed E-state index contributed by atoms with van der Waals surface area (Å²) >= 11 is 0. The molecule has 0 saturated heterocycles. The van der Waals surface area contributed by atoms with Crippen LogP contribution in [0.4, 0.5) is 5.69 Å². The molecular weight excluding hydrogens is 524 g/mol. The minimum Gasteiger partial charge on any atom is -0.478 e. The smallest absolute Gasteiger partial charge is 0.336 e. The lowest BCUT2D eigenvalue weighted by Gasteiger charge is -2.42. The van der Waals surface area contributed by atoms with Crippen LogP contribution >= 0.6 is 0 Å². The highest BCUT2D eigenvalue weighted by molar-refractivity contribution is 6.01. The summed E-state index contributed by atoms with van der Waals surface area (Å²) in [5.74, 6) is -1.38. The number of nitrogens with one attached hydrogen (secondary N) is 3. The van der Waals surface area contributed by atoms with Crippen LogP contribution in [-0.2, 0) is 5.41 Å². The fourth-order valence-corrected chi connectivity index (χ4v) is 5.78. The second-order valence-electron chi connectivity index (χ2n) is 12.2. The average Bonchev–Trinajstić information content (AvgIpc) is 2.96. The molecule has 4 aromatic rings. The van der Waals surface area contributed by atoms with Gasteiger partial charge in [-0.25, -0.2) is 4.79 Å². The van der Waals surface area contributed by atoms with Gasteiger partial charge >= 0.3 is 5.97 Å². The van der Waals surface area contributed by atoms with Crippen LogP contribution in [0.25, 0.3) is 11.1 Å². The molecule has 0 bridgehead atoms. The molecule has 1 amide bonds. The molecule has 1 heterocycles. The molecule has 1 aliphatic heterocycles. The van der Waals surface area contributed by atoms with Crippen molar-refractivity contribution < 1.29 is 14.7 Å². The summed E-state index contributed by atoms with van der Waals surface area (Å²) in [5.41, 5.74) is 11.6. The van der Waals surface area contributed by atoms with Gasteiger partial charge in [-0.1, -0.05) is 61.5 Å². The van der Waals surface area contributed by atoms with Crippen LogP contribution in [0.5, 0.6) is 0 Å². The zero-order valence-electron chi connectivity index (χ0n) is 24.3. The Hall–Kier alpha value is -4.91. The Morgan fingerprint density at radius 3 is 2.33 bits per heavy atom. The maximum Gasteiger partial charge on any atom is 0.336 e. The fourth-order valence-electron chi connectivity index (χ4n) is 5.78. The van der Waals surface area contributed by atoms with Crippen molar-refractivity contribution in [3.8, 4) is 11.1 Å². The SMILES string of the molecule is CC(C)(C)NC(=O)c1ccc(-c2cccc([C@@H]3C[C@](C)(c4ccccc4)c4cc(C(=N)N)ccc4N3)c2)c(C(=O)O)c1. The van der Waals surface area contributed by atoms with E-state index in [2.05, 4.69) is 29.7 Å². The molecule has 0 aromatic heterocycles. The molecule has 5 rings (SSSR count). The molecular formula is C35H36N4O3. The quantitative estimate of drug-likeness (QED) is 0.132. The molecule has 0 radical (unpaired) electrons. The zero-order valence-corrected chi connectivity index (χ0v) is 24.3. The Kier molecular flexibility index (Phi) is 7.37. The second-order valence-corrected chi connectivity index (χ2v) is 12.2. The fraction of sp³-hybridized carbons (Fsp3) is 0.229. The summed E-state index contributed by atoms with van der Waals surface area (Å²) in [5, 5.41) is 24.6. The number of nitrogen functional groups attached to an aromatic ring is 1. The number of aromatic carboxylic acids is 1. The van der Waals surface area contributed by atoms with E-state index in [1.54, 1.807) is 12.1 Å². The minimum atomic E-state index is -1.09. The number of carbonyl (C=O) groups excluding carboxylic acids is 1. The number of anilines is 1. The normalized spacial score (nSPS) is 18.0. The molecule has 2 atom stereocenters. The van der Waals surface area contributed by atoms with Crippen LogP contribution in [0.1, 0.15) is 83.1 Å². The lowest BCUT2D eigenvalue weighted by molar-refractivity contribution is 0.0697. The molecule has 214 valence electrons. The van der Waals surface area contributed by atoms with Crippen LogP contribution in [0, 0.1) is 5.41 Å². The lowest BCUT2D eigenvalue weighted by Crippen LogP contribution is -2.40. The number of fused-ring (bicyclic) bond motifs is 1. The Labute approximate surface area is 246 Å². The van der Waals surface area contributed by atoms with Crippen molar-refractivity contribution in [1.82, 2.24) is 5.32 Å². The molecule has 0 spiro atoms. The van der Waals surface area contributed by atoms with Gasteiger partial charge in [0.2, 0.25) is 0 Å². The van der Waals surface area contributed by atoms with E-state index in [9.17, 15) is 14.7 Å². The Morgan fingerprint density at radius 2 is 1.67 bits per heavy atom. The van der Waals surface area contributed by atoms with Crippen LogP contribution in [0.3, 0.4) is 0 Å². The van der Waals surface area contributed by atoms with Gasteiger partial charge in [0.05, 0.1) is 11.6 Å². The molecule has 1 aliphatic rings. The first kappa shape index (κ1) is 28.6. The summed E-state index contributed by atoms with van der Waals surface area (Å²) in [6.07, 6.45) is 0.729. The first-order valence-electron chi connectivity index (χ1n) is 14.0. The molecule has 0 saturated carbocycles. The highest BCUT2D eigenvalue weighted by atomic mass is 16.4. The number of carboxylic acids is 1. The standard InChI is InChI=1S/C35H36N4O3/c1-34(2,3)39-32(40)24-13-15-26(27(18-24)33(41)42)21-9-8-10-22(17-21)30-20-35(4,25-11-6-5-7-12-25)28-19-23(31(36)37)14-16-29(28)38-30/h5-19,30,38H,20H2,1-4H3,(H3,36,37)(H,39,40)(H,41,42)/t30-,35+/m0/s1. The highest BCUT2D eigenvalue weighted by Crippen LogP contribution is 2.48. The second kappa shape index (κ2) is 10.8. The van der Waals surface area contributed by atoms with E-state index in [0.717, 1.165) is 34.4 Å². The van der Waals surface area contributed by atoms with Gasteiger partial charge in [0.15, 0.2) is 0 Å². The summed E-state index contributed by atoms with van der Waals surface area (Å²) in [6.45, 7) is 7.86. The van der Waals surface area contributed by atoms with Crippen LogP contribution in [-0.4, -0.2) is 28.4 Å². The van der Waals surface area contributed by atoms with Gasteiger partial charge in [-0.05, 0) is 91.4 Å². The maximum absolute atomic E-state index is 12.7. The van der Waals surface area contributed by atoms with E-state index in [-0.39, 0.29) is 28.8 Å². The van der Waals surface area contributed by atoms with Crippen molar-refractivity contribution in [3.63, 3.8) is 0 Å². The number of hydrogen-bond acceptors (Lipinski definition) is 4. The van der Waals surface area contributed by atoms with Gasteiger partial charge in [-0.15, -0.1) is 0 Å². The highest BCUT2D eigenvalue weighted by Gasteiger charge is 2.39. The first-order valence-corrected chi connectivity index (χ1v) is 14.0. The zero-order chi connectivity index (χ0) is 30.2. The summed E-state index contributed by atoms with van der Waals surface area (Å²) in [4.78, 5) is 25.1. The van der Waals surface area contributed by atoms with Gasteiger partial charge in [-0.2, -0.15) is 0 Å². The van der Waals surface area contributed by atoms with Gasteiger partial charge in [0, 0.05) is 27.8 Å². The molecule has 6 N–H and O–H groups in total. The van der Waals surface area contributed by atoms with E-state index < -0.39 is 11.5 Å². The third-order valence-electron chi connectivity index (χ3n) is 7.88. The predicted molar refractivity (Wildman–Crippen MR) is 167 cm³/mol. The summed E-state index contributed by atoms with van der Waals surface area (Å²) in [7, 11) is 0. The van der Waals surface area contributed by atoms with Crippen molar-refractivity contribution in [3.05, 3.63) is 124 Å². The topological polar surface area (TPSA) is 128 Å². The largest absolute Gasteiger partial charge is 0.478 e. The third-order valence-corrected chi connectivity index (χ3v) is 7.88. The van der Waals surface area contributed by atoms with Crippen LogP contribution in [0.15, 0.2) is 91.0 Å². The number of amidine groups is 1. The van der Waals surface area contributed by atoms with Crippen molar-refractivity contribution >= 4 is 23.4 Å². The van der Waals surface area contributed by atoms with Crippen LogP contribution in [0.2, 0.25) is 0 Å². The number of rotatable bonds is 6. The summed E-state index contributed by atoms with van der Waals surface area (Å²) < 4.78 is 0. The van der Waals surface area contributed by atoms with Crippen molar-refractivity contribution in [1.29, 1.82) is 5.41 Å². The van der Waals surface area contributed by atoms with E-state index in [0.29, 0.717) is 16.7 Å². The maximum atomic E-state index is 12.7. The molecule has 0 unspecified atom stereocenters. The van der Waals surface area contributed by atoms with Gasteiger partial charge in [0.25, 0.3) is 5.91 Å². The number of benzene rings is 4. The van der Waals surface area contributed by atoms with Crippen LogP contribution < -0.4 is 16.4 Å². The molecule has 7 heteroatoms. The molecule has 42 heavy (non-hydrogen) atoms. The minimum absolute atomic E-state index is 0.0270. The number of amides is 1. The van der Waals surface area contributed by atoms with Gasteiger partial charge in [-0.3, -0.25) is 10.2 Å². The first-order chi connectivity index (χ1) is 19.9. The molecule has 7 nitrogen and oxygen atoms in total. The number of carbonyl (C=O) groups is 2. The van der Waals surface area contributed by atoms with Crippen molar-refractivity contribution in [2.75, 3.05) is 5.32 Å². The molecule has 0 fully saturated rings. The van der Waals surface area contributed by atoms with Crippen molar-refractivity contribution in [2.24, 2.45) is 5.73 Å². The van der Waals surface area contributed by atoms with Crippen molar-refractivity contribution in [2.45, 2.75) is 51.1 Å². The summed E-state index contributed by atoms with van der Waals surface area (Å²) in [6, 6.07) is 28.8. The van der Waals surface area contributed by atoms with E-state index >= 15 is 0 Å². The van der Waals surface area contributed by atoms with Gasteiger partial charge < -0.3 is 21.5 Å². The number of nitrogens with two attached hydrogens (primary N) is 1. The van der Waals surface area contributed by atoms with Gasteiger partial charge in [0.1, 0.15) is 5.84 Å². The lowest BCUT2D eigenvalue weighted by atomic mass is 9.68. The Morgan fingerprint density at radius 1 is 0.952 bits per heavy atom. The third kappa shape index (κ3) is 5.63. The molecule has 4 aromatic carbocycles. The number of carboxylic acid groups (broad SMARTS) is 1. The monoisotopic (exact) mass is 560 g/mol. The van der Waals surface area contributed by atoms with E-state index in [1.165, 1.54) is 6.07 Å². The molecule has 0 aliphatic carbocycles. The van der Waals surface area contributed by atoms with E-state index in [4.69, 9.17) is 11.1 Å². The predicted octanol–water partition coefficient (Wildman–Crippen LogP) is 6.73. The van der Waals surface area contributed by atoms with E-state index in [1.807, 2.05) is 81.4 Å². The average molecular weight is 561 g/mol. The Bertz CT molecular complexity index is 1690.